The van der Waals surface area contributed by atoms with Crippen LogP contribution >= 0.6 is 0 Å². The maximum atomic E-state index is 12.4. The molecular formula is C25H26N2O5. The lowest BCUT2D eigenvalue weighted by molar-refractivity contribution is -0.118. The largest absolute Gasteiger partial charge is 0.493 e. The maximum absolute atomic E-state index is 12.4. The Morgan fingerprint density at radius 1 is 0.969 bits per heavy atom. The Bertz CT molecular complexity index is 1080. The van der Waals surface area contributed by atoms with E-state index in [-0.39, 0.29) is 12.5 Å². The highest BCUT2D eigenvalue weighted by Gasteiger charge is 2.15. The maximum Gasteiger partial charge on any atom is 0.262 e. The zero-order chi connectivity index (χ0) is 22.3. The number of para-hydroxylation sites is 1. The Hall–Kier alpha value is -3.87. The molecule has 7 heteroatoms. The third-order valence-corrected chi connectivity index (χ3v) is 4.99. The van der Waals surface area contributed by atoms with Crippen LogP contribution in [0, 0.1) is 6.92 Å². The number of ether oxygens (including phenoxy) is 4. The molecule has 7 nitrogen and oxygen atoms in total. The van der Waals surface area contributed by atoms with Crippen LogP contribution in [0.1, 0.15) is 11.1 Å². The third-order valence-electron chi connectivity index (χ3n) is 4.99. The van der Waals surface area contributed by atoms with E-state index in [2.05, 4.69) is 10.6 Å². The van der Waals surface area contributed by atoms with E-state index < -0.39 is 0 Å². The second-order valence-corrected chi connectivity index (χ2v) is 7.36. The van der Waals surface area contributed by atoms with E-state index in [9.17, 15) is 4.79 Å². The molecule has 0 atom stereocenters. The van der Waals surface area contributed by atoms with Crippen molar-refractivity contribution in [3.63, 3.8) is 0 Å². The fourth-order valence-corrected chi connectivity index (χ4v) is 3.35. The van der Waals surface area contributed by atoms with Crippen molar-refractivity contribution in [2.75, 3.05) is 37.6 Å². The second-order valence-electron chi connectivity index (χ2n) is 7.36. The average molecular weight is 434 g/mol. The van der Waals surface area contributed by atoms with Crippen LogP contribution in [-0.2, 0) is 11.3 Å². The molecule has 0 fully saturated rings. The Morgan fingerprint density at radius 3 is 2.50 bits per heavy atom. The smallest absolute Gasteiger partial charge is 0.262 e. The SMILES string of the molecule is COc1cccc(CNc2ccc3c(c2)OCCO3)c1OCC(=O)Nc1ccc(C)cc1. The molecule has 0 unspecified atom stereocenters. The lowest BCUT2D eigenvalue weighted by Crippen LogP contribution is -2.21. The number of nitrogens with one attached hydrogen (secondary N) is 2. The molecule has 0 radical (unpaired) electrons. The van der Waals surface area contributed by atoms with E-state index in [1.807, 2.05) is 61.5 Å². The predicted octanol–water partition coefficient (Wildman–Crippen LogP) is 4.40. The Morgan fingerprint density at radius 2 is 1.72 bits per heavy atom. The molecule has 3 aromatic rings. The van der Waals surface area contributed by atoms with Gasteiger partial charge < -0.3 is 29.6 Å². The second kappa shape index (κ2) is 9.96. The molecule has 1 aliphatic rings. The number of hydrogen-bond acceptors (Lipinski definition) is 6. The predicted molar refractivity (Wildman–Crippen MR) is 123 cm³/mol. The van der Waals surface area contributed by atoms with Crippen LogP contribution < -0.4 is 29.6 Å². The van der Waals surface area contributed by atoms with E-state index in [4.69, 9.17) is 18.9 Å². The summed E-state index contributed by atoms with van der Waals surface area (Å²) >= 11 is 0. The van der Waals surface area contributed by atoms with Crippen LogP contribution in [0.4, 0.5) is 11.4 Å². The van der Waals surface area contributed by atoms with Crippen LogP contribution in [-0.4, -0.2) is 32.8 Å². The first kappa shape index (κ1) is 21.4. The summed E-state index contributed by atoms with van der Waals surface area (Å²) in [6, 6.07) is 19.0. The molecule has 4 rings (SSSR count). The molecule has 3 aromatic carbocycles. The Kier molecular flexibility index (Phi) is 6.65. The normalized spacial score (nSPS) is 12.1. The zero-order valence-electron chi connectivity index (χ0n) is 18.1. The van der Waals surface area contributed by atoms with Gasteiger partial charge >= 0.3 is 0 Å². The van der Waals surface area contributed by atoms with Crippen molar-refractivity contribution >= 4 is 17.3 Å². The summed E-state index contributed by atoms with van der Waals surface area (Å²) in [7, 11) is 1.58. The molecule has 0 saturated heterocycles. The van der Waals surface area contributed by atoms with E-state index >= 15 is 0 Å². The van der Waals surface area contributed by atoms with E-state index in [1.165, 1.54) is 0 Å². The fourth-order valence-electron chi connectivity index (χ4n) is 3.35. The van der Waals surface area contributed by atoms with Crippen molar-refractivity contribution < 1.29 is 23.7 Å². The highest BCUT2D eigenvalue weighted by atomic mass is 16.6. The number of carbonyl (C=O) groups excluding carboxylic acids is 1. The Labute approximate surface area is 187 Å². The van der Waals surface area contributed by atoms with Gasteiger partial charge in [-0.15, -0.1) is 0 Å². The van der Waals surface area contributed by atoms with Gasteiger partial charge in [-0.1, -0.05) is 29.8 Å². The topological polar surface area (TPSA) is 78.1 Å². The van der Waals surface area contributed by atoms with Gasteiger partial charge in [-0.3, -0.25) is 4.79 Å². The summed E-state index contributed by atoms with van der Waals surface area (Å²) in [5.74, 6) is 2.31. The molecule has 1 heterocycles. The summed E-state index contributed by atoms with van der Waals surface area (Å²) in [5.41, 5.74) is 3.61. The Balaban J connectivity index is 1.42. The molecule has 0 bridgehead atoms. The molecule has 166 valence electrons. The summed E-state index contributed by atoms with van der Waals surface area (Å²) < 4.78 is 22.5. The standard InChI is InChI=1S/C25H26N2O5/c1-17-6-8-19(9-7-17)27-24(28)16-32-25-18(4-3-5-22(25)29-2)15-26-20-10-11-21-23(14-20)31-13-12-30-21/h3-11,14,26H,12-13,15-16H2,1-2H3,(H,27,28). The van der Waals surface area contributed by atoms with Crippen molar-refractivity contribution in [1.29, 1.82) is 0 Å². The number of carbonyl (C=O) groups is 1. The van der Waals surface area contributed by atoms with Gasteiger partial charge in [-0.25, -0.2) is 0 Å². The average Bonchev–Trinajstić information content (AvgIpc) is 2.82. The lowest BCUT2D eigenvalue weighted by atomic mass is 10.1. The van der Waals surface area contributed by atoms with Crippen LogP contribution in [0.25, 0.3) is 0 Å². The molecule has 0 aromatic heterocycles. The number of hydrogen-bond donors (Lipinski definition) is 2. The number of methoxy groups -OCH3 is 1. The molecule has 0 aliphatic carbocycles. The minimum atomic E-state index is -0.245. The van der Waals surface area contributed by atoms with E-state index in [0.29, 0.717) is 31.3 Å². The molecule has 2 N–H and O–H groups in total. The highest BCUT2D eigenvalue weighted by Crippen LogP contribution is 2.34. The van der Waals surface area contributed by atoms with Gasteiger partial charge in [-0.2, -0.15) is 0 Å². The number of amides is 1. The molecule has 0 spiro atoms. The highest BCUT2D eigenvalue weighted by molar-refractivity contribution is 5.91. The van der Waals surface area contributed by atoms with Gasteiger partial charge in [0.25, 0.3) is 5.91 Å². The van der Waals surface area contributed by atoms with Gasteiger partial charge in [0.15, 0.2) is 29.6 Å². The summed E-state index contributed by atoms with van der Waals surface area (Å²) in [4.78, 5) is 12.4. The molecule has 1 aliphatic heterocycles. The summed E-state index contributed by atoms with van der Waals surface area (Å²) in [5, 5.41) is 6.20. The van der Waals surface area contributed by atoms with Crippen LogP contribution in [0.15, 0.2) is 60.7 Å². The van der Waals surface area contributed by atoms with E-state index in [0.717, 1.165) is 34.0 Å². The van der Waals surface area contributed by atoms with Gasteiger partial charge in [0.1, 0.15) is 13.2 Å². The van der Waals surface area contributed by atoms with E-state index in [1.54, 1.807) is 13.2 Å². The van der Waals surface area contributed by atoms with Crippen molar-refractivity contribution in [3.05, 3.63) is 71.8 Å². The van der Waals surface area contributed by atoms with Gasteiger partial charge in [0, 0.05) is 29.5 Å². The van der Waals surface area contributed by atoms with Crippen molar-refractivity contribution in [2.45, 2.75) is 13.5 Å². The number of rotatable bonds is 8. The van der Waals surface area contributed by atoms with Crippen LogP contribution in [0.3, 0.4) is 0 Å². The molecule has 32 heavy (non-hydrogen) atoms. The van der Waals surface area contributed by atoms with Crippen molar-refractivity contribution in [2.24, 2.45) is 0 Å². The van der Waals surface area contributed by atoms with Crippen molar-refractivity contribution in [3.8, 4) is 23.0 Å². The van der Waals surface area contributed by atoms with Gasteiger partial charge in [-0.05, 0) is 37.3 Å². The molecule has 0 saturated carbocycles. The first-order valence-electron chi connectivity index (χ1n) is 10.4. The number of aryl methyl sites for hydroxylation is 1. The number of anilines is 2. The first-order chi connectivity index (χ1) is 15.6. The first-order valence-corrected chi connectivity index (χ1v) is 10.4. The minimum absolute atomic E-state index is 0.134. The summed E-state index contributed by atoms with van der Waals surface area (Å²) in [6.45, 7) is 3.44. The van der Waals surface area contributed by atoms with Gasteiger partial charge in [0.2, 0.25) is 0 Å². The monoisotopic (exact) mass is 434 g/mol. The zero-order valence-corrected chi connectivity index (χ0v) is 18.1. The summed E-state index contributed by atoms with van der Waals surface area (Å²) in [6.07, 6.45) is 0. The minimum Gasteiger partial charge on any atom is -0.493 e. The number of fused-ring (bicyclic) bond motifs is 1. The fraction of sp³-hybridized carbons (Fsp3) is 0.240. The van der Waals surface area contributed by atoms with Crippen LogP contribution in [0.2, 0.25) is 0 Å². The van der Waals surface area contributed by atoms with Crippen molar-refractivity contribution in [1.82, 2.24) is 0 Å². The molecule has 1 amide bonds. The van der Waals surface area contributed by atoms with Crippen LogP contribution in [0.5, 0.6) is 23.0 Å². The quantitative estimate of drug-likeness (QED) is 0.547. The van der Waals surface area contributed by atoms with Gasteiger partial charge in [0.05, 0.1) is 7.11 Å². The molecular weight excluding hydrogens is 408 g/mol. The lowest BCUT2D eigenvalue weighted by Gasteiger charge is -2.20. The number of benzene rings is 3. The third kappa shape index (κ3) is 5.24.